The summed E-state index contributed by atoms with van der Waals surface area (Å²) in [6.07, 6.45) is 0. The van der Waals surface area contributed by atoms with E-state index in [4.69, 9.17) is 5.73 Å². The number of aromatic amines is 1. The van der Waals surface area contributed by atoms with E-state index in [1.54, 1.807) is 18.2 Å². The van der Waals surface area contributed by atoms with Crippen LogP contribution in [0.4, 0.5) is 10.2 Å². The second-order valence-electron chi connectivity index (χ2n) is 4.32. The zero-order valence-corrected chi connectivity index (χ0v) is 12.6. The Hall–Kier alpha value is -1.89. The predicted octanol–water partition coefficient (Wildman–Crippen LogP) is 4.07. The standard InChI is InChI=1S/C15H11FIN3/c16-11-7-3-1-5-9(11)13-14(19-20-15(13)18)10-6-2-4-8-12(10)17/h1-8H,(H3,18,19,20). The lowest BCUT2D eigenvalue weighted by Gasteiger charge is -2.07. The maximum Gasteiger partial charge on any atom is 0.153 e. The van der Waals surface area contributed by atoms with Gasteiger partial charge in [0.15, 0.2) is 5.82 Å². The number of H-pyrrole nitrogens is 1. The Kier molecular flexibility index (Phi) is 3.43. The molecule has 0 bridgehead atoms. The fraction of sp³-hybridized carbons (Fsp3) is 0. The molecule has 0 fully saturated rings. The maximum atomic E-state index is 14.0. The summed E-state index contributed by atoms with van der Waals surface area (Å²) in [5.41, 5.74) is 8.66. The molecule has 1 aromatic heterocycles. The van der Waals surface area contributed by atoms with Crippen LogP contribution in [0, 0.1) is 9.39 Å². The van der Waals surface area contributed by atoms with Crippen molar-refractivity contribution >= 4 is 28.4 Å². The molecule has 2 aromatic carbocycles. The van der Waals surface area contributed by atoms with Crippen molar-refractivity contribution in [3.8, 4) is 22.4 Å². The molecule has 0 aliphatic heterocycles. The molecule has 100 valence electrons. The predicted molar refractivity (Wildman–Crippen MR) is 86.5 cm³/mol. The first kappa shape index (κ1) is 13.1. The van der Waals surface area contributed by atoms with Crippen molar-refractivity contribution in [1.29, 1.82) is 0 Å². The summed E-state index contributed by atoms with van der Waals surface area (Å²) in [6, 6.07) is 14.4. The van der Waals surface area contributed by atoms with Crippen molar-refractivity contribution in [2.75, 3.05) is 5.73 Å². The van der Waals surface area contributed by atoms with E-state index in [9.17, 15) is 4.39 Å². The van der Waals surface area contributed by atoms with Gasteiger partial charge >= 0.3 is 0 Å². The van der Waals surface area contributed by atoms with Gasteiger partial charge in [-0.15, -0.1) is 0 Å². The number of nitrogens with one attached hydrogen (secondary N) is 1. The van der Waals surface area contributed by atoms with Crippen LogP contribution in [0.5, 0.6) is 0 Å². The Balaban J connectivity index is 2.26. The van der Waals surface area contributed by atoms with Gasteiger partial charge in [-0.2, -0.15) is 5.10 Å². The normalized spacial score (nSPS) is 10.7. The number of nitrogen functional groups attached to an aromatic ring is 1. The van der Waals surface area contributed by atoms with Gasteiger partial charge in [0.2, 0.25) is 0 Å². The average molecular weight is 379 g/mol. The number of anilines is 1. The van der Waals surface area contributed by atoms with Crippen LogP contribution < -0.4 is 5.73 Å². The van der Waals surface area contributed by atoms with E-state index >= 15 is 0 Å². The summed E-state index contributed by atoms with van der Waals surface area (Å²) in [5.74, 6) is -0.0162. The monoisotopic (exact) mass is 379 g/mol. The van der Waals surface area contributed by atoms with E-state index in [1.807, 2.05) is 24.3 Å². The molecule has 1 heterocycles. The average Bonchev–Trinajstić information content (AvgIpc) is 2.82. The van der Waals surface area contributed by atoms with E-state index in [1.165, 1.54) is 6.07 Å². The van der Waals surface area contributed by atoms with Crippen molar-refractivity contribution in [2.24, 2.45) is 0 Å². The number of benzene rings is 2. The SMILES string of the molecule is Nc1n[nH]c(-c2ccccc2I)c1-c1ccccc1F. The lowest BCUT2D eigenvalue weighted by atomic mass is 10.0. The maximum absolute atomic E-state index is 14.0. The fourth-order valence-electron chi connectivity index (χ4n) is 2.15. The van der Waals surface area contributed by atoms with Crippen molar-refractivity contribution in [3.63, 3.8) is 0 Å². The lowest BCUT2D eigenvalue weighted by molar-refractivity contribution is 0.631. The van der Waals surface area contributed by atoms with Gasteiger partial charge in [0.1, 0.15) is 5.82 Å². The molecule has 5 heteroatoms. The minimum atomic E-state index is -0.312. The van der Waals surface area contributed by atoms with E-state index in [0.717, 1.165) is 14.8 Å². The second kappa shape index (κ2) is 5.24. The summed E-state index contributed by atoms with van der Waals surface area (Å²) in [5, 5.41) is 6.94. The number of nitrogens with two attached hydrogens (primary N) is 1. The molecule has 0 aliphatic carbocycles. The quantitative estimate of drug-likeness (QED) is 0.660. The Morgan fingerprint density at radius 3 is 2.35 bits per heavy atom. The molecule has 0 aliphatic rings. The molecule has 0 radical (unpaired) electrons. The van der Waals surface area contributed by atoms with Crippen LogP contribution in [0.15, 0.2) is 48.5 Å². The Labute approximate surface area is 129 Å². The largest absolute Gasteiger partial charge is 0.382 e. The highest BCUT2D eigenvalue weighted by molar-refractivity contribution is 14.1. The minimum absolute atomic E-state index is 0.296. The molecular weight excluding hydrogens is 368 g/mol. The second-order valence-corrected chi connectivity index (χ2v) is 5.48. The van der Waals surface area contributed by atoms with Gasteiger partial charge in [0.25, 0.3) is 0 Å². The fourth-order valence-corrected chi connectivity index (χ4v) is 2.81. The highest BCUT2D eigenvalue weighted by Crippen LogP contribution is 2.37. The summed E-state index contributed by atoms with van der Waals surface area (Å²) >= 11 is 2.24. The van der Waals surface area contributed by atoms with Crippen molar-refractivity contribution in [1.82, 2.24) is 10.2 Å². The first-order chi connectivity index (χ1) is 9.68. The zero-order chi connectivity index (χ0) is 14.1. The van der Waals surface area contributed by atoms with Crippen LogP contribution in [-0.4, -0.2) is 10.2 Å². The van der Waals surface area contributed by atoms with Crippen molar-refractivity contribution in [2.45, 2.75) is 0 Å². The first-order valence-corrected chi connectivity index (χ1v) is 7.10. The molecule has 3 N–H and O–H groups in total. The third-order valence-electron chi connectivity index (χ3n) is 3.08. The molecule has 3 nitrogen and oxygen atoms in total. The highest BCUT2D eigenvalue weighted by Gasteiger charge is 2.18. The number of halogens is 2. The third kappa shape index (κ3) is 2.18. The third-order valence-corrected chi connectivity index (χ3v) is 4.02. The lowest BCUT2D eigenvalue weighted by Crippen LogP contribution is -1.92. The Bertz CT molecular complexity index is 767. The van der Waals surface area contributed by atoms with Crippen LogP contribution >= 0.6 is 22.6 Å². The van der Waals surface area contributed by atoms with Gasteiger partial charge in [-0.25, -0.2) is 4.39 Å². The van der Waals surface area contributed by atoms with E-state index in [0.29, 0.717) is 16.9 Å². The van der Waals surface area contributed by atoms with E-state index in [2.05, 4.69) is 32.8 Å². The van der Waals surface area contributed by atoms with Gasteiger partial charge in [0, 0.05) is 14.7 Å². The number of hydrogen-bond acceptors (Lipinski definition) is 2. The van der Waals surface area contributed by atoms with Crippen LogP contribution in [0.1, 0.15) is 0 Å². The summed E-state index contributed by atoms with van der Waals surface area (Å²) in [7, 11) is 0. The van der Waals surface area contributed by atoms with Gasteiger partial charge in [-0.1, -0.05) is 36.4 Å². The molecular formula is C15H11FIN3. The summed E-state index contributed by atoms with van der Waals surface area (Å²) < 4.78 is 15.1. The number of hydrogen-bond donors (Lipinski definition) is 2. The van der Waals surface area contributed by atoms with Crippen molar-refractivity contribution < 1.29 is 4.39 Å². The molecule has 20 heavy (non-hydrogen) atoms. The number of rotatable bonds is 2. The van der Waals surface area contributed by atoms with Crippen LogP contribution in [0.2, 0.25) is 0 Å². The van der Waals surface area contributed by atoms with Crippen LogP contribution in [0.25, 0.3) is 22.4 Å². The van der Waals surface area contributed by atoms with Gasteiger partial charge < -0.3 is 5.73 Å². The first-order valence-electron chi connectivity index (χ1n) is 6.02. The van der Waals surface area contributed by atoms with E-state index < -0.39 is 0 Å². The van der Waals surface area contributed by atoms with Crippen LogP contribution in [-0.2, 0) is 0 Å². The highest BCUT2D eigenvalue weighted by atomic mass is 127. The van der Waals surface area contributed by atoms with Crippen LogP contribution in [0.3, 0.4) is 0 Å². The van der Waals surface area contributed by atoms with Gasteiger partial charge in [-0.3, -0.25) is 5.10 Å². The van der Waals surface area contributed by atoms with Gasteiger partial charge in [0.05, 0.1) is 11.3 Å². The molecule has 3 rings (SSSR count). The molecule has 0 atom stereocenters. The summed E-state index contributed by atoms with van der Waals surface area (Å²) in [4.78, 5) is 0. The Morgan fingerprint density at radius 1 is 1.00 bits per heavy atom. The molecule has 0 spiro atoms. The van der Waals surface area contributed by atoms with Crippen molar-refractivity contribution in [3.05, 3.63) is 57.9 Å². The minimum Gasteiger partial charge on any atom is -0.382 e. The molecule has 0 saturated carbocycles. The molecule has 3 aromatic rings. The smallest absolute Gasteiger partial charge is 0.153 e. The topological polar surface area (TPSA) is 54.7 Å². The number of nitrogens with zero attached hydrogens (tertiary/aromatic N) is 1. The number of aromatic nitrogens is 2. The van der Waals surface area contributed by atoms with Gasteiger partial charge in [-0.05, 0) is 34.7 Å². The zero-order valence-electron chi connectivity index (χ0n) is 10.4. The Morgan fingerprint density at radius 2 is 1.65 bits per heavy atom. The van der Waals surface area contributed by atoms with E-state index in [-0.39, 0.29) is 5.82 Å². The molecule has 0 saturated heterocycles. The summed E-state index contributed by atoms with van der Waals surface area (Å²) in [6.45, 7) is 0. The molecule has 0 unspecified atom stereocenters. The molecule has 0 amide bonds.